The third-order valence-corrected chi connectivity index (χ3v) is 3.77. The largest absolute Gasteiger partial charge is 0.333 e. The second-order valence-corrected chi connectivity index (χ2v) is 5.39. The molecule has 7 heteroatoms. The molecule has 3 rings (SSSR count). The normalized spacial score (nSPS) is 10.6. The number of nitrogens with zero attached hydrogens (tertiary/aromatic N) is 4. The summed E-state index contributed by atoms with van der Waals surface area (Å²) in [6, 6.07) is 15.0. The highest BCUT2D eigenvalue weighted by molar-refractivity contribution is 6.00. The average molecular weight is 345 g/mol. The summed E-state index contributed by atoms with van der Waals surface area (Å²) in [7, 11) is 0. The lowest BCUT2D eigenvalue weighted by Gasteiger charge is -2.01. The molecule has 0 aliphatic carbocycles. The van der Waals surface area contributed by atoms with Crippen LogP contribution in [0.5, 0.6) is 0 Å². The summed E-state index contributed by atoms with van der Waals surface area (Å²) < 4.78 is 15.6. The SMILES string of the molecule is N#CCn1cc(/C=N\NC(=O)c2ccc(C#N)cc2F)c2ccccc21. The zero-order valence-electron chi connectivity index (χ0n) is 13.5. The first kappa shape index (κ1) is 16.9. The van der Waals surface area contributed by atoms with E-state index < -0.39 is 11.7 Å². The topological polar surface area (TPSA) is 94.0 Å². The van der Waals surface area contributed by atoms with Gasteiger partial charge in [0.15, 0.2) is 0 Å². The number of aromatic nitrogens is 1. The number of amides is 1. The fraction of sp³-hybridized carbons (Fsp3) is 0.0526. The Kier molecular flexibility index (Phi) is 4.73. The smallest absolute Gasteiger partial charge is 0.274 e. The Morgan fingerprint density at radius 1 is 1.27 bits per heavy atom. The molecule has 0 bridgehead atoms. The van der Waals surface area contributed by atoms with E-state index in [2.05, 4.69) is 16.6 Å². The van der Waals surface area contributed by atoms with Gasteiger partial charge in [-0.3, -0.25) is 4.79 Å². The predicted octanol–water partition coefficient (Wildman–Crippen LogP) is 2.94. The molecule has 0 unspecified atom stereocenters. The van der Waals surface area contributed by atoms with E-state index in [4.69, 9.17) is 10.5 Å². The number of hydrogen-bond donors (Lipinski definition) is 1. The zero-order chi connectivity index (χ0) is 18.5. The fourth-order valence-electron chi connectivity index (χ4n) is 2.57. The third-order valence-electron chi connectivity index (χ3n) is 3.77. The molecule has 0 saturated carbocycles. The molecule has 0 aliphatic heterocycles. The lowest BCUT2D eigenvalue weighted by molar-refractivity contribution is 0.0951. The molecule has 26 heavy (non-hydrogen) atoms. The van der Waals surface area contributed by atoms with Crippen LogP contribution in [-0.2, 0) is 6.54 Å². The Hall–Kier alpha value is -3.97. The van der Waals surface area contributed by atoms with Crippen LogP contribution in [0.25, 0.3) is 10.9 Å². The van der Waals surface area contributed by atoms with Crippen molar-refractivity contribution in [3.05, 3.63) is 71.2 Å². The monoisotopic (exact) mass is 345 g/mol. The standard InChI is InChI=1S/C19H12FN5O/c20-17-9-13(10-22)5-6-16(17)19(26)24-23-11-14-12-25(8-7-21)18-4-2-1-3-15(14)18/h1-6,9,11-12H,8H2,(H,24,26)/b23-11-. The van der Waals surface area contributed by atoms with Gasteiger partial charge in [-0.2, -0.15) is 15.6 Å². The van der Waals surface area contributed by atoms with Gasteiger partial charge in [0.25, 0.3) is 5.91 Å². The Labute approximate surface area is 148 Å². The Balaban J connectivity index is 1.81. The van der Waals surface area contributed by atoms with Crippen molar-refractivity contribution in [1.82, 2.24) is 9.99 Å². The van der Waals surface area contributed by atoms with E-state index in [0.29, 0.717) is 0 Å². The van der Waals surface area contributed by atoms with Crippen LogP contribution < -0.4 is 5.43 Å². The van der Waals surface area contributed by atoms with Crippen molar-refractivity contribution in [3.8, 4) is 12.1 Å². The second-order valence-electron chi connectivity index (χ2n) is 5.39. The van der Waals surface area contributed by atoms with Gasteiger partial charge in [-0.15, -0.1) is 0 Å². The molecule has 0 radical (unpaired) electrons. The van der Waals surface area contributed by atoms with Crippen molar-refractivity contribution < 1.29 is 9.18 Å². The van der Waals surface area contributed by atoms with E-state index in [1.54, 1.807) is 16.8 Å². The van der Waals surface area contributed by atoms with Crippen LogP contribution in [0.15, 0.2) is 53.8 Å². The number of hydrazone groups is 1. The molecule has 0 fully saturated rings. The highest BCUT2D eigenvalue weighted by Gasteiger charge is 2.12. The van der Waals surface area contributed by atoms with Gasteiger partial charge < -0.3 is 4.57 Å². The molecule has 0 atom stereocenters. The van der Waals surface area contributed by atoms with Crippen molar-refractivity contribution in [2.45, 2.75) is 6.54 Å². The molecule has 1 amide bonds. The second kappa shape index (κ2) is 7.29. The molecular formula is C19H12FN5O. The Bertz CT molecular complexity index is 1100. The maximum Gasteiger partial charge on any atom is 0.274 e. The molecule has 3 aromatic rings. The molecule has 1 N–H and O–H groups in total. The Morgan fingerprint density at radius 2 is 2.08 bits per heavy atom. The first-order valence-corrected chi connectivity index (χ1v) is 7.62. The highest BCUT2D eigenvalue weighted by atomic mass is 19.1. The van der Waals surface area contributed by atoms with E-state index in [1.165, 1.54) is 18.3 Å². The maximum absolute atomic E-state index is 13.8. The molecule has 0 saturated heterocycles. The molecule has 6 nitrogen and oxygen atoms in total. The molecule has 126 valence electrons. The Morgan fingerprint density at radius 3 is 2.81 bits per heavy atom. The number of fused-ring (bicyclic) bond motifs is 1. The molecule has 1 aromatic heterocycles. The first-order valence-electron chi connectivity index (χ1n) is 7.62. The number of para-hydroxylation sites is 1. The van der Waals surface area contributed by atoms with Crippen molar-refractivity contribution >= 4 is 23.0 Å². The van der Waals surface area contributed by atoms with E-state index >= 15 is 0 Å². The fourth-order valence-corrected chi connectivity index (χ4v) is 2.57. The van der Waals surface area contributed by atoms with Crippen LogP contribution >= 0.6 is 0 Å². The summed E-state index contributed by atoms with van der Waals surface area (Å²) in [6.45, 7) is 0.192. The van der Waals surface area contributed by atoms with Crippen LogP contribution in [0.1, 0.15) is 21.5 Å². The highest BCUT2D eigenvalue weighted by Crippen LogP contribution is 2.19. The molecule has 2 aromatic carbocycles. The van der Waals surface area contributed by atoms with Crippen LogP contribution in [0.2, 0.25) is 0 Å². The number of carbonyl (C=O) groups excluding carboxylic acids is 1. The lowest BCUT2D eigenvalue weighted by Crippen LogP contribution is -2.19. The van der Waals surface area contributed by atoms with E-state index in [-0.39, 0.29) is 17.7 Å². The maximum atomic E-state index is 13.8. The number of nitrogens with one attached hydrogen (secondary N) is 1. The number of halogens is 1. The summed E-state index contributed by atoms with van der Waals surface area (Å²) in [5.41, 5.74) is 3.79. The van der Waals surface area contributed by atoms with Gasteiger partial charge in [0, 0.05) is 22.7 Å². The minimum atomic E-state index is -0.789. The quantitative estimate of drug-likeness (QED) is 0.582. The van der Waals surface area contributed by atoms with Crippen molar-refractivity contribution in [1.29, 1.82) is 10.5 Å². The van der Waals surface area contributed by atoms with Gasteiger partial charge in [-0.25, -0.2) is 9.82 Å². The van der Waals surface area contributed by atoms with Gasteiger partial charge in [0.05, 0.1) is 29.5 Å². The first-order chi connectivity index (χ1) is 12.6. The summed E-state index contributed by atoms with van der Waals surface area (Å²) in [5, 5.41) is 22.4. The number of rotatable bonds is 4. The van der Waals surface area contributed by atoms with Gasteiger partial charge in [-0.05, 0) is 24.3 Å². The number of benzene rings is 2. The molecule has 0 aliphatic rings. The number of nitriles is 2. The summed E-state index contributed by atoms with van der Waals surface area (Å²) in [6.07, 6.45) is 3.20. The van der Waals surface area contributed by atoms with Crippen molar-refractivity contribution in [2.75, 3.05) is 0 Å². The van der Waals surface area contributed by atoms with Crippen molar-refractivity contribution in [3.63, 3.8) is 0 Å². The lowest BCUT2D eigenvalue weighted by atomic mass is 10.1. The number of carbonyl (C=O) groups is 1. The predicted molar refractivity (Wildman–Crippen MR) is 93.7 cm³/mol. The van der Waals surface area contributed by atoms with E-state index in [9.17, 15) is 9.18 Å². The van der Waals surface area contributed by atoms with E-state index in [0.717, 1.165) is 22.5 Å². The number of hydrogen-bond acceptors (Lipinski definition) is 4. The molecular weight excluding hydrogens is 333 g/mol. The summed E-state index contributed by atoms with van der Waals surface area (Å²) in [4.78, 5) is 12.0. The van der Waals surface area contributed by atoms with Crippen LogP contribution in [0.4, 0.5) is 4.39 Å². The average Bonchev–Trinajstić information content (AvgIpc) is 3.00. The van der Waals surface area contributed by atoms with Crippen molar-refractivity contribution in [2.24, 2.45) is 5.10 Å². The van der Waals surface area contributed by atoms with Gasteiger partial charge in [-0.1, -0.05) is 18.2 Å². The van der Waals surface area contributed by atoms with Crippen LogP contribution in [-0.4, -0.2) is 16.7 Å². The summed E-state index contributed by atoms with van der Waals surface area (Å²) >= 11 is 0. The molecule has 1 heterocycles. The van der Waals surface area contributed by atoms with Crippen LogP contribution in [0.3, 0.4) is 0 Å². The third kappa shape index (κ3) is 3.28. The van der Waals surface area contributed by atoms with E-state index in [1.807, 2.05) is 24.3 Å². The van der Waals surface area contributed by atoms with Gasteiger partial charge >= 0.3 is 0 Å². The summed E-state index contributed by atoms with van der Waals surface area (Å²) in [5.74, 6) is -1.51. The van der Waals surface area contributed by atoms with Gasteiger partial charge in [0.2, 0.25) is 0 Å². The zero-order valence-corrected chi connectivity index (χ0v) is 13.5. The molecule has 0 spiro atoms. The van der Waals surface area contributed by atoms with Crippen LogP contribution in [0, 0.1) is 28.5 Å². The minimum Gasteiger partial charge on any atom is -0.333 e. The van der Waals surface area contributed by atoms with Gasteiger partial charge in [0.1, 0.15) is 12.4 Å². The minimum absolute atomic E-state index is 0.132.